The summed E-state index contributed by atoms with van der Waals surface area (Å²) in [6, 6.07) is 12.7. The summed E-state index contributed by atoms with van der Waals surface area (Å²) in [7, 11) is 0. The van der Waals surface area contributed by atoms with E-state index in [1.165, 1.54) is 0 Å². The van der Waals surface area contributed by atoms with Gasteiger partial charge in [-0.1, -0.05) is 23.7 Å². The maximum Gasteiger partial charge on any atom is 0.259 e. The van der Waals surface area contributed by atoms with Gasteiger partial charge >= 0.3 is 0 Å². The Bertz CT molecular complexity index is 967. The Morgan fingerprint density at radius 3 is 2.59 bits per heavy atom. The predicted octanol–water partition coefficient (Wildman–Crippen LogP) is 3.02. The SMILES string of the molecule is O=c1[nH]ccc(OCc2ccc(Cl)cn2)c1-c1ccc(OC2CNC2)cc1. The van der Waals surface area contributed by atoms with Crippen molar-refractivity contribution in [3.05, 3.63) is 75.9 Å². The summed E-state index contributed by atoms with van der Waals surface area (Å²) < 4.78 is 11.7. The number of pyridine rings is 2. The van der Waals surface area contributed by atoms with Crippen LogP contribution in [-0.4, -0.2) is 29.2 Å². The van der Waals surface area contributed by atoms with Gasteiger partial charge in [-0.2, -0.15) is 0 Å². The molecule has 0 aliphatic carbocycles. The summed E-state index contributed by atoms with van der Waals surface area (Å²) in [6.45, 7) is 1.96. The van der Waals surface area contributed by atoms with Crippen molar-refractivity contribution in [1.82, 2.24) is 15.3 Å². The fraction of sp³-hybridized carbons (Fsp3) is 0.200. The fourth-order valence-corrected chi connectivity index (χ4v) is 2.85. The highest BCUT2D eigenvalue weighted by Crippen LogP contribution is 2.28. The minimum atomic E-state index is -0.214. The minimum absolute atomic E-state index is 0.210. The van der Waals surface area contributed by atoms with Crippen molar-refractivity contribution in [2.45, 2.75) is 12.7 Å². The van der Waals surface area contributed by atoms with Crippen molar-refractivity contribution in [3.8, 4) is 22.6 Å². The lowest BCUT2D eigenvalue weighted by atomic mass is 10.1. The molecule has 1 aromatic carbocycles. The van der Waals surface area contributed by atoms with E-state index >= 15 is 0 Å². The van der Waals surface area contributed by atoms with E-state index in [0.29, 0.717) is 16.3 Å². The van der Waals surface area contributed by atoms with Gasteiger partial charge in [0.1, 0.15) is 24.2 Å². The number of hydrogen-bond acceptors (Lipinski definition) is 5. The molecule has 7 heteroatoms. The first-order valence-corrected chi connectivity index (χ1v) is 8.99. The summed E-state index contributed by atoms with van der Waals surface area (Å²) in [5.41, 5.74) is 1.75. The van der Waals surface area contributed by atoms with Crippen molar-refractivity contribution in [1.29, 1.82) is 0 Å². The van der Waals surface area contributed by atoms with Crippen LogP contribution < -0.4 is 20.3 Å². The standard InChI is InChI=1S/C20H18ClN3O3/c21-14-3-4-15(24-9-14)12-26-18-7-8-23-20(25)19(18)13-1-5-16(6-2-13)27-17-10-22-11-17/h1-9,17,22H,10-12H2,(H,23,25). The van der Waals surface area contributed by atoms with E-state index in [-0.39, 0.29) is 18.3 Å². The van der Waals surface area contributed by atoms with Crippen molar-refractivity contribution in [2.75, 3.05) is 13.1 Å². The molecular formula is C20H18ClN3O3. The van der Waals surface area contributed by atoms with Crippen LogP contribution in [-0.2, 0) is 6.61 Å². The van der Waals surface area contributed by atoms with Gasteiger partial charge in [-0.3, -0.25) is 9.78 Å². The lowest BCUT2D eigenvalue weighted by Gasteiger charge is -2.27. The summed E-state index contributed by atoms with van der Waals surface area (Å²) in [4.78, 5) is 19.3. The van der Waals surface area contributed by atoms with Crippen LogP contribution >= 0.6 is 11.6 Å². The van der Waals surface area contributed by atoms with Crippen molar-refractivity contribution in [2.24, 2.45) is 0 Å². The van der Waals surface area contributed by atoms with E-state index < -0.39 is 0 Å². The van der Waals surface area contributed by atoms with E-state index in [4.69, 9.17) is 21.1 Å². The van der Waals surface area contributed by atoms with Crippen molar-refractivity contribution >= 4 is 11.6 Å². The molecule has 0 unspecified atom stereocenters. The highest BCUT2D eigenvalue weighted by Gasteiger charge is 2.18. The Kier molecular flexibility index (Phi) is 5.09. The molecule has 1 aliphatic rings. The Balaban J connectivity index is 1.54. The van der Waals surface area contributed by atoms with Crippen LogP contribution in [0.3, 0.4) is 0 Å². The van der Waals surface area contributed by atoms with Gasteiger partial charge in [-0.15, -0.1) is 0 Å². The van der Waals surface area contributed by atoms with Gasteiger partial charge in [-0.05, 0) is 35.9 Å². The van der Waals surface area contributed by atoms with Crippen LogP contribution in [0.1, 0.15) is 5.69 Å². The normalized spacial score (nSPS) is 13.8. The molecule has 0 spiro atoms. The molecule has 1 fully saturated rings. The Morgan fingerprint density at radius 2 is 1.93 bits per heavy atom. The molecular weight excluding hydrogens is 366 g/mol. The van der Waals surface area contributed by atoms with Crippen LogP contribution in [0.25, 0.3) is 11.1 Å². The topological polar surface area (TPSA) is 76.2 Å². The van der Waals surface area contributed by atoms with Crippen LogP contribution in [0.5, 0.6) is 11.5 Å². The molecule has 27 heavy (non-hydrogen) atoms. The number of nitrogens with one attached hydrogen (secondary N) is 2. The van der Waals surface area contributed by atoms with E-state index in [0.717, 1.165) is 30.1 Å². The molecule has 2 N–H and O–H groups in total. The van der Waals surface area contributed by atoms with Crippen LogP contribution in [0.15, 0.2) is 59.7 Å². The third kappa shape index (κ3) is 4.13. The van der Waals surface area contributed by atoms with Gasteiger partial charge in [0.15, 0.2) is 0 Å². The molecule has 1 saturated heterocycles. The van der Waals surface area contributed by atoms with E-state index in [1.807, 2.05) is 24.3 Å². The fourth-order valence-electron chi connectivity index (χ4n) is 2.74. The van der Waals surface area contributed by atoms with Gasteiger partial charge in [0, 0.05) is 25.5 Å². The third-order valence-corrected chi connectivity index (χ3v) is 4.50. The van der Waals surface area contributed by atoms with Crippen LogP contribution in [0, 0.1) is 0 Å². The summed E-state index contributed by atoms with van der Waals surface area (Å²) >= 11 is 5.85. The molecule has 138 valence electrons. The minimum Gasteiger partial charge on any atom is -0.488 e. The van der Waals surface area contributed by atoms with Gasteiger partial charge < -0.3 is 19.8 Å². The van der Waals surface area contributed by atoms with Gasteiger partial charge in [-0.25, -0.2) is 0 Å². The summed E-state index contributed by atoms with van der Waals surface area (Å²) in [6.07, 6.45) is 3.34. The highest BCUT2D eigenvalue weighted by molar-refractivity contribution is 6.30. The molecule has 0 atom stereocenters. The first-order chi connectivity index (χ1) is 13.2. The predicted molar refractivity (Wildman–Crippen MR) is 103 cm³/mol. The number of H-pyrrole nitrogens is 1. The molecule has 0 amide bonds. The molecule has 1 aliphatic heterocycles. The molecule has 0 saturated carbocycles. The Hall–Kier alpha value is -2.83. The van der Waals surface area contributed by atoms with Gasteiger partial charge in [0.25, 0.3) is 5.56 Å². The molecule has 2 aromatic heterocycles. The van der Waals surface area contributed by atoms with E-state index in [1.54, 1.807) is 30.6 Å². The third-order valence-electron chi connectivity index (χ3n) is 4.28. The quantitative estimate of drug-likeness (QED) is 0.684. The molecule has 3 heterocycles. The van der Waals surface area contributed by atoms with Crippen LogP contribution in [0.2, 0.25) is 5.02 Å². The molecule has 0 bridgehead atoms. The first-order valence-electron chi connectivity index (χ1n) is 8.62. The maximum atomic E-state index is 12.4. The highest BCUT2D eigenvalue weighted by atomic mass is 35.5. The Labute approximate surface area is 161 Å². The smallest absolute Gasteiger partial charge is 0.259 e. The number of benzene rings is 1. The maximum absolute atomic E-state index is 12.4. The Morgan fingerprint density at radius 1 is 1.11 bits per heavy atom. The lowest BCUT2D eigenvalue weighted by Crippen LogP contribution is -2.50. The van der Waals surface area contributed by atoms with Gasteiger partial charge in [0.2, 0.25) is 0 Å². The molecule has 4 rings (SSSR count). The molecule has 3 aromatic rings. The van der Waals surface area contributed by atoms with Crippen molar-refractivity contribution < 1.29 is 9.47 Å². The number of halogens is 1. The zero-order chi connectivity index (χ0) is 18.6. The monoisotopic (exact) mass is 383 g/mol. The number of aromatic amines is 1. The van der Waals surface area contributed by atoms with Crippen molar-refractivity contribution in [3.63, 3.8) is 0 Å². The zero-order valence-electron chi connectivity index (χ0n) is 14.4. The lowest BCUT2D eigenvalue weighted by molar-refractivity contribution is 0.142. The molecule has 6 nitrogen and oxygen atoms in total. The second kappa shape index (κ2) is 7.82. The van der Waals surface area contributed by atoms with Gasteiger partial charge in [0.05, 0.1) is 16.3 Å². The summed E-state index contributed by atoms with van der Waals surface area (Å²) in [5, 5.41) is 3.73. The second-order valence-electron chi connectivity index (χ2n) is 6.22. The number of nitrogens with zero attached hydrogens (tertiary/aromatic N) is 1. The van der Waals surface area contributed by atoms with Crippen LogP contribution in [0.4, 0.5) is 0 Å². The first kappa shape index (κ1) is 17.6. The van der Waals surface area contributed by atoms with E-state index in [2.05, 4.69) is 15.3 Å². The zero-order valence-corrected chi connectivity index (χ0v) is 15.2. The average molecular weight is 384 g/mol. The largest absolute Gasteiger partial charge is 0.488 e. The number of hydrogen-bond donors (Lipinski definition) is 2. The van der Waals surface area contributed by atoms with E-state index in [9.17, 15) is 4.79 Å². The molecule has 0 radical (unpaired) electrons. The number of ether oxygens (including phenoxy) is 2. The average Bonchev–Trinajstić information content (AvgIpc) is 2.65. The number of aromatic nitrogens is 2. The number of rotatable bonds is 6. The second-order valence-corrected chi connectivity index (χ2v) is 6.66. The summed E-state index contributed by atoms with van der Waals surface area (Å²) in [5.74, 6) is 1.28.